The average Bonchev–Trinajstić information content (AvgIpc) is 3.36. The third-order valence-corrected chi connectivity index (χ3v) is 7.67. The molecule has 1 aliphatic carbocycles. The molecule has 3 aromatic rings. The summed E-state index contributed by atoms with van der Waals surface area (Å²) >= 11 is 6.69. The highest BCUT2D eigenvalue weighted by molar-refractivity contribution is 7.94. The summed E-state index contributed by atoms with van der Waals surface area (Å²) in [5, 5.41) is 6.87. The lowest BCUT2D eigenvalue weighted by Crippen LogP contribution is -2.14. The highest BCUT2D eigenvalue weighted by atomic mass is 35.5. The van der Waals surface area contributed by atoms with E-state index in [2.05, 4.69) is 15.2 Å². The molecule has 2 N–H and O–H groups in total. The number of carbonyl (C=O) groups is 1. The molecular weight excluding hydrogens is 465 g/mol. The summed E-state index contributed by atoms with van der Waals surface area (Å²) in [5.74, 6) is -0.431. The molecule has 1 saturated carbocycles. The van der Waals surface area contributed by atoms with Crippen molar-refractivity contribution < 1.29 is 22.1 Å². The van der Waals surface area contributed by atoms with Gasteiger partial charge in [0.05, 0.1) is 5.69 Å². The van der Waals surface area contributed by atoms with E-state index >= 15 is 0 Å². The van der Waals surface area contributed by atoms with E-state index in [4.69, 9.17) is 16.1 Å². The summed E-state index contributed by atoms with van der Waals surface area (Å²) in [7, 11) is -3.97. The number of aryl methyl sites for hydroxylation is 1. The van der Waals surface area contributed by atoms with Crippen LogP contribution in [-0.2, 0) is 14.8 Å². The molecule has 0 aliphatic heterocycles. The third kappa shape index (κ3) is 4.97. The van der Waals surface area contributed by atoms with Crippen molar-refractivity contribution in [2.24, 2.45) is 5.92 Å². The number of nitrogens with zero attached hydrogens (tertiary/aromatic N) is 1. The van der Waals surface area contributed by atoms with Crippen LogP contribution in [0.4, 0.5) is 15.8 Å². The number of hydrogen-bond donors (Lipinski definition) is 2. The van der Waals surface area contributed by atoms with Gasteiger partial charge in [-0.25, -0.2) is 12.8 Å². The molecule has 1 aliphatic rings. The fourth-order valence-electron chi connectivity index (χ4n) is 2.72. The number of hydrogen-bond acceptors (Lipinski definition) is 6. The van der Waals surface area contributed by atoms with Crippen LogP contribution in [-0.4, -0.2) is 19.5 Å². The summed E-state index contributed by atoms with van der Waals surface area (Å²) in [6.07, 6.45) is 5.01. The van der Waals surface area contributed by atoms with Gasteiger partial charge < -0.3 is 9.84 Å². The summed E-state index contributed by atoms with van der Waals surface area (Å²) < 4.78 is 46.6. The minimum Gasteiger partial charge on any atom is -0.354 e. The van der Waals surface area contributed by atoms with Crippen molar-refractivity contribution in [1.82, 2.24) is 5.16 Å². The Kier molecular flexibility index (Phi) is 5.87. The van der Waals surface area contributed by atoms with Crippen molar-refractivity contribution in [2.75, 3.05) is 10.0 Å². The zero-order valence-electron chi connectivity index (χ0n) is 16.2. The molecule has 7 nitrogen and oxygen atoms in total. The van der Waals surface area contributed by atoms with Gasteiger partial charge in [0.2, 0.25) is 5.91 Å². The molecular formula is C20H17ClFN3O4S2. The first-order valence-corrected chi connectivity index (χ1v) is 11.9. The van der Waals surface area contributed by atoms with Gasteiger partial charge >= 0.3 is 0 Å². The number of nitrogens with one attached hydrogen (secondary N) is 2. The highest BCUT2D eigenvalue weighted by Crippen LogP contribution is 2.32. The molecule has 0 unspecified atom stereocenters. The van der Waals surface area contributed by atoms with E-state index in [1.54, 1.807) is 25.1 Å². The Hall–Kier alpha value is -2.69. The van der Waals surface area contributed by atoms with E-state index in [1.807, 2.05) is 0 Å². The van der Waals surface area contributed by atoms with Crippen molar-refractivity contribution in [1.29, 1.82) is 0 Å². The van der Waals surface area contributed by atoms with Gasteiger partial charge in [-0.3, -0.25) is 9.52 Å². The monoisotopic (exact) mass is 481 g/mol. The summed E-state index contributed by atoms with van der Waals surface area (Å²) in [4.78, 5) is 12.7. The second-order valence-corrected chi connectivity index (χ2v) is 10.5. The minimum atomic E-state index is -3.97. The van der Waals surface area contributed by atoms with Crippen LogP contribution in [0.5, 0.6) is 0 Å². The molecule has 0 saturated heterocycles. The Morgan fingerprint density at radius 2 is 2.06 bits per heavy atom. The van der Waals surface area contributed by atoms with Gasteiger partial charge in [-0.1, -0.05) is 16.8 Å². The van der Waals surface area contributed by atoms with Crippen LogP contribution in [0.3, 0.4) is 0 Å². The van der Waals surface area contributed by atoms with Gasteiger partial charge in [-0.15, -0.1) is 11.3 Å². The maximum Gasteiger partial charge on any atom is 0.271 e. The molecule has 2 aromatic heterocycles. The topological polar surface area (TPSA) is 101 Å². The number of amides is 1. The second kappa shape index (κ2) is 8.45. The largest absolute Gasteiger partial charge is 0.354 e. The van der Waals surface area contributed by atoms with Crippen LogP contribution >= 0.6 is 22.9 Å². The number of benzene rings is 1. The number of halogens is 2. The van der Waals surface area contributed by atoms with Crippen molar-refractivity contribution in [3.05, 3.63) is 57.5 Å². The highest BCUT2D eigenvalue weighted by Gasteiger charge is 2.30. The van der Waals surface area contributed by atoms with Crippen LogP contribution in [0.15, 0.2) is 39.1 Å². The Balaban J connectivity index is 1.50. The van der Waals surface area contributed by atoms with Gasteiger partial charge in [0.15, 0.2) is 5.76 Å². The Morgan fingerprint density at radius 3 is 2.77 bits per heavy atom. The average molecular weight is 482 g/mol. The van der Waals surface area contributed by atoms with E-state index in [0.29, 0.717) is 22.0 Å². The first-order chi connectivity index (χ1) is 14.7. The van der Waals surface area contributed by atoms with Crippen LogP contribution in [0.25, 0.3) is 12.2 Å². The number of rotatable bonds is 7. The minimum absolute atomic E-state index is 0.0116. The van der Waals surface area contributed by atoms with Gasteiger partial charge in [-0.2, -0.15) is 0 Å². The van der Waals surface area contributed by atoms with Crippen molar-refractivity contribution in [2.45, 2.75) is 24.0 Å². The second-order valence-electron chi connectivity index (χ2n) is 6.99. The number of aromatic nitrogens is 1. The van der Waals surface area contributed by atoms with E-state index in [1.165, 1.54) is 18.2 Å². The lowest BCUT2D eigenvalue weighted by atomic mass is 10.2. The van der Waals surface area contributed by atoms with Gasteiger partial charge in [-0.05, 0) is 62.2 Å². The zero-order chi connectivity index (χ0) is 22.2. The maximum atomic E-state index is 13.9. The summed E-state index contributed by atoms with van der Waals surface area (Å²) in [6.45, 7) is 1.72. The molecule has 11 heteroatoms. The molecule has 1 amide bonds. The maximum absolute atomic E-state index is 13.9. The molecule has 31 heavy (non-hydrogen) atoms. The Morgan fingerprint density at radius 1 is 1.29 bits per heavy atom. The van der Waals surface area contributed by atoms with Crippen molar-refractivity contribution >= 4 is 62.4 Å². The third-order valence-electron chi connectivity index (χ3n) is 4.53. The molecule has 2 heterocycles. The molecule has 0 spiro atoms. The summed E-state index contributed by atoms with van der Waals surface area (Å²) in [5.41, 5.74) is 0.859. The lowest BCUT2D eigenvalue weighted by molar-refractivity contribution is -0.117. The van der Waals surface area contributed by atoms with E-state index in [9.17, 15) is 17.6 Å². The summed E-state index contributed by atoms with van der Waals surface area (Å²) in [6, 6.07) is 6.71. The van der Waals surface area contributed by atoms with Crippen molar-refractivity contribution in [3.63, 3.8) is 0 Å². The first kappa shape index (κ1) is 21.5. The van der Waals surface area contributed by atoms with Gasteiger partial charge in [0, 0.05) is 15.8 Å². The zero-order valence-corrected chi connectivity index (χ0v) is 18.6. The van der Waals surface area contributed by atoms with Crippen LogP contribution in [0.2, 0.25) is 5.02 Å². The van der Waals surface area contributed by atoms with Crippen LogP contribution in [0, 0.1) is 18.7 Å². The van der Waals surface area contributed by atoms with E-state index in [-0.39, 0.29) is 26.7 Å². The van der Waals surface area contributed by atoms with Crippen LogP contribution in [0.1, 0.15) is 29.2 Å². The fraction of sp³-hybridized carbons (Fsp3) is 0.200. The van der Waals surface area contributed by atoms with Gasteiger partial charge in [0.25, 0.3) is 10.0 Å². The van der Waals surface area contributed by atoms with E-state index < -0.39 is 15.8 Å². The smallest absolute Gasteiger partial charge is 0.271 e. The fourth-order valence-corrected chi connectivity index (χ4v) is 5.17. The lowest BCUT2D eigenvalue weighted by Gasteiger charge is -2.07. The first-order valence-electron chi connectivity index (χ1n) is 9.26. The standard InChI is InChI=1S/C20H17ClFN3O4S2/c1-11-19(23-20(26)12-2-3-12)17(29-24-11)8-5-14-6-9-18(30-14)31(27,28)25-16-7-4-13(21)10-15(16)22/h4-10,12,25H,2-3H2,1H3,(H,23,26)/b8-5+. The SMILES string of the molecule is Cc1noc(/C=C/c2ccc(S(=O)(=O)Nc3ccc(Cl)cc3F)s2)c1NC(=O)C1CC1. The van der Waals surface area contributed by atoms with Crippen molar-refractivity contribution in [3.8, 4) is 0 Å². The number of sulfonamides is 1. The van der Waals surface area contributed by atoms with Crippen LogP contribution < -0.4 is 10.0 Å². The molecule has 1 fully saturated rings. The predicted octanol–water partition coefficient (Wildman–Crippen LogP) is 5.16. The number of anilines is 2. The molecule has 0 bridgehead atoms. The van der Waals surface area contributed by atoms with E-state index in [0.717, 1.165) is 30.2 Å². The molecule has 0 radical (unpaired) electrons. The van der Waals surface area contributed by atoms with Gasteiger partial charge in [0.1, 0.15) is 21.4 Å². The predicted molar refractivity (Wildman–Crippen MR) is 118 cm³/mol. The Bertz CT molecular complexity index is 1280. The molecule has 1 aromatic carbocycles. The normalized spacial score (nSPS) is 14.2. The molecule has 162 valence electrons. The number of thiophene rings is 1. The Labute approximate surface area is 187 Å². The number of carbonyl (C=O) groups excluding carboxylic acids is 1. The molecule has 4 rings (SSSR count). The molecule has 0 atom stereocenters. The quantitative estimate of drug-likeness (QED) is 0.485.